The number of hydrogen-bond donors (Lipinski definition) is 0. The van der Waals surface area contributed by atoms with Crippen molar-refractivity contribution in [1.29, 1.82) is 0 Å². The van der Waals surface area contributed by atoms with Crippen molar-refractivity contribution >= 4 is 0 Å². The van der Waals surface area contributed by atoms with Crippen molar-refractivity contribution < 1.29 is 8.78 Å². The number of hydrogen-bond acceptors (Lipinski definition) is 2. The fourth-order valence-corrected chi connectivity index (χ4v) is 2.86. The summed E-state index contributed by atoms with van der Waals surface area (Å²) in [4.78, 5) is 3.88. The average Bonchev–Trinajstić information content (AvgIpc) is 2.05. The van der Waals surface area contributed by atoms with E-state index in [1.54, 1.807) is 0 Å². The first-order chi connectivity index (χ1) is 6.86. The van der Waals surface area contributed by atoms with Crippen molar-refractivity contribution in [3.63, 3.8) is 0 Å². The molecule has 2 nitrogen and oxygen atoms in total. The van der Waals surface area contributed by atoms with Crippen molar-refractivity contribution in [3.05, 3.63) is 0 Å². The Morgan fingerprint density at radius 1 is 1.13 bits per heavy atom. The van der Waals surface area contributed by atoms with Crippen LogP contribution in [0.1, 0.15) is 20.3 Å². The Morgan fingerprint density at radius 3 is 2.13 bits per heavy atom. The molecule has 0 aromatic carbocycles. The van der Waals surface area contributed by atoms with Gasteiger partial charge in [0.15, 0.2) is 0 Å². The maximum atomic E-state index is 14.0. The molecule has 0 atom stereocenters. The lowest BCUT2D eigenvalue weighted by Gasteiger charge is -2.57. The number of rotatable bonds is 1. The molecule has 15 heavy (non-hydrogen) atoms. The van der Waals surface area contributed by atoms with Gasteiger partial charge in [-0.2, -0.15) is 0 Å². The van der Waals surface area contributed by atoms with E-state index in [0.717, 1.165) is 6.54 Å². The minimum atomic E-state index is -2.51. The normalized spacial score (nSPS) is 30.8. The first kappa shape index (κ1) is 11.3. The van der Waals surface area contributed by atoms with Crippen LogP contribution in [-0.4, -0.2) is 55.0 Å². The Hall–Kier alpha value is -0.220. The van der Waals surface area contributed by atoms with E-state index in [2.05, 4.69) is 0 Å². The lowest BCUT2D eigenvalue weighted by Crippen LogP contribution is -2.69. The molecule has 2 saturated heterocycles. The van der Waals surface area contributed by atoms with Crippen LogP contribution in [0.3, 0.4) is 0 Å². The van der Waals surface area contributed by atoms with Crippen LogP contribution in [0.5, 0.6) is 0 Å². The zero-order chi connectivity index (χ0) is 11.3. The third kappa shape index (κ3) is 1.68. The second-order valence-corrected chi connectivity index (χ2v) is 5.47. The van der Waals surface area contributed by atoms with Crippen LogP contribution < -0.4 is 0 Å². The lowest BCUT2D eigenvalue weighted by atomic mass is 9.69. The Bertz CT molecular complexity index is 247. The highest BCUT2D eigenvalue weighted by molar-refractivity contribution is 5.07. The smallest absolute Gasteiger partial charge is 0.268 e. The van der Waals surface area contributed by atoms with E-state index in [4.69, 9.17) is 0 Å². The molecular formula is C11H20F2N2. The molecule has 2 fully saturated rings. The SMILES string of the molecule is CC(C)N1CCC2(CN(C)C2)C(F)(F)C1. The summed E-state index contributed by atoms with van der Waals surface area (Å²) in [6.45, 7) is 5.86. The molecule has 4 heteroatoms. The van der Waals surface area contributed by atoms with Crippen LogP contribution in [0.15, 0.2) is 0 Å². The van der Waals surface area contributed by atoms with Crippen LogP contribution in [-0.2, 0) is 0 Å². The largest absolute Gasteiger partial charge is 0.305 e. The molecule has 2 rings (SSSR count). The summed E-state index contributed by atoms with van der Waals surface area (Å²) in [6, 6.07) is 0.228. The number of alkyl halides is 2. The molecule has 0 radical (unpaired) electrons. The molecule has 2 aliphatic heterocycles. The molecule has 0 N–H and O–H groups in total. The average molecular weight is 218 g/mol. The Kier molecular flexibility index (Phi) is 2.54. The van der Waals surface area contributed by atoms with Crippen molar-refractivity contribution in [3.8, 4) is 0 Å². The summed E-state index contributed by atoms with van der Waals surface area (Å²) in [5.74, 6) is -2.51. The zero-order valence-corrected chi connectivity index (χ0v) is 9.76. The van der Waals surface area contributed by atoms with Gasteiger partial charge in [-0.1, -0.05) is 0 Å². The highest BCUT2D eigenvalue weighted by Crippen LogP contribution is 2.49. The van der Waals surface area contributed by atoms with E-state index in [0.29, 0.717) is 19.5 Å². The molecule has 0 aromatic rings. The summed E-state index contributed by atoms with van der Waals surface area (Å²) in [6.07, 6.45) is 0.641. The summed E-state index contributed by atoms with van der Waals surface area (Å²) < 4.78 is 28.0. The van der Waals surface area contributed by atoms with Gasteiger partial charge in [-0.25, -0.2) is 8.78 Å². The molecule has 0 aliphatic carbocycles. The van der Waals surface area contributed by atoms with Crippen molar-refractivity contribution in [2.24, 2.45) is 5.41 Å². The predicted octanol–water partition coefficient (Wildman–Crippen LogP) is 1.67. The highest BCUT2D eigenvalue weighted by Gasteiger charge is 2.61. The summed E-state index contributed by atoms with van der Waals surface area (Å²) in [7, 11) is 1.91. The summed E-state index contributed by atoms with van der Waals surface area (Å²) in [5.41, 5.74) is -0.715. The third-order valence-electron chi connectivity index (χ3n) is 3.93. The van der Waals surface area contributed by atoms with E-state index >= 15 is 0 Å². The molecule has 0 saturated carbocycles. The Morgan fingerprint density at radius 2 is 1.73 bits per heavy atom. The van der Waals surface area contributed by atoms with Crippen molar-refractivity contribution in [2.45, 2.75) is 32.2 Å². The van der Waals surface area contributed by atoms with Gasteiger partial charge < -0.3 is 4.90 Å². The van der Waals surface area contributed by atoms with Gasteiger partial charge in [0, 0.05) is 19.1 Å². The highest BCUT2D eigenvalue weighted by atomic mass is 19.3. The van der Waals surface area contributed by atoms with Crippen LogP contribution in [0.25, 0.3) is 0 Å². The third-order valence-corrected chi connectivity index (χ3v) is 3.93. The van der Waals surface area contributed by atoms with Gasteiger partial charge >= 0.3 is 0 Å². The first-order valence-electron chi connectivity index (χ1n) is 5.67. The van der Waals surface area contributed by atoms with E-state index in [9.17, 15) is 8.78 Å². The molecule has 1 spiro atoms. The van der Waals surface area contributed by atoms with Gasteiger partial charge in [0.05, 0.1) is 12.0 Å². The minimum Gasteiger partial charge on any atom is -0.305 e. The van der Waals surface area contributed by atoms with Gasteiger partial charge in [-0.05, 0) is 33.9 Å². The Balaban J connectivity index is 2.07. The quantitative estimate of drug-likeness (QED) is 0.660. The number of halogens is 2. The van der Waals surface area contributed by atoms with E-state index < -0.39 is 11.3 Å². The fourth-order valence-electron chi connectivity index (χ4n) is 2.86. The van der Waals surface area contributed by atoms with Crippen LogP contribution in [0.2, 0.25) is 0 Å². The standard InChI is InChI=1S/C11H20F2N2/c1-9(2)15-5-4-10(6-14(3)7-10)11(12,13)8-15/h9H,4-8H2,1-3H3. The van der Waals surface area contributed by atoms with Crippen LogP contribution in [0, 0.1) is 5.41 Å². The molecule has 0 aromatic heterocycles. The van der Waals surface area contributed by atoms with E-state index in [-0.39, 0.29) is 12.6 Å². The van der Waals surface area contributed by atoms with Crippen LogP contribution >= 0.6 is 0 Å². The van der Waals surface area contributed by atoms with Gasteiger partial charge in [-0.15, -0.1) is 0 Å². The molecule has 0 unspecified atom stereocenters. The van der Waals surface area contributed by atoms with Gasteiger partial charge in [0.2, 0.25) is 0 Å². The number of nitrogens with zero attached hydrogens (tertiary/aromatic N) is 2. The molecule has 2 aliphatic rings. The summed E-state index contributed by atoms with van der Waals surface area (Å²) >= 11 is 0. The second kappa shape index (κ2) is 3.39. The van der Waals surface area contributed by atoms with Crippen LogP contribution in [0.4, 0.5) is 8.78 Å². The molecule has 88 valence electrons. The van der Waals surface area contributed by atoms with E-state index in [1.807, 2.05) is 30.7 Å². The fraction of sp³-hybridized carbons (Fsp3) is 1.00. The molecule has 0 amide bonds. The van der Waals surface area contributed by atoms with Gasteiger partial charge in [0.25, 0.3) is 5.92 Å². The zero-order valence-electron chi connectivity index (χ0n) is 9.76. The Labute approximate surface area is 90.2 Å². The maximum Gasteiger partial charge on any atom is 0.268 e. The van der Waals surface area contributed by atoms with E-state index in [1.165, 1.54) is 0 Å². The van der Waals surface area contributed by atoms with Gasteiger partial charge in [-0.3, -0.25) is 4.90 Å². The minimum absolute atomic E-state index is 0.0570. The lowest BCUT2D eigenvalue weighted by molar-refractivity contribution is -0.223. The second-order valence-electron chi connectivity index (χ2n) is 5.47. The number of piperidine rings is 1. The van der Waals surface area contributed by atoms with Gasteiger partial charge in [0.1, 0.15) is 0 Å². The predicted molar refractivity (Wildman–Crippen MR) is 56.2 cm³/mol. The molecule has 2 heterocycles. The first-order valence-corrected chi connectivity index (χ1v) is 5.67. The molecular weight excluding hydrogens is 198 g/mol. The van der Waals surface area contributed by atoms with Crippen molar-refractivity contribution in [1.82, 2.24) is 9.80 Å². The number of likely N-dealkylation sites (tertiary alicyclic amines) is 2. The topological polar surface area (TPSA) is 6.48 Å². The summed E-state index contributed by atoms with van der Waals surface area (Å²) in [5, 5.41) is 0. The molecule has 0 bridgehead atoms. The maximum absolute atomic E-state index is 14.0. The monoisotopic (exact) mass is 218 g/mol. The van der Waals surface area contributed by atoms with Crippen molar-refractivity contribution in [2.75, 3.05) is 33.2 Å².